The molecule has 2 aromatic carbocycles. The van der Waals surface area contributed by atoms with E-state index in [0.717, 1.165) is 12.1 Å². The zero-order valence-electron chi connectivity index (χ0n) is 10.2. The van der Waals surface area contributed by atoms with Gasteiger partial charge in [-0.05, 0) is 40.8 Å². The Morgan fingerprint density at radius 3 is 2.35 bits per heavy atom. The molecule has 0 atom stereocenters. The van der Waals surface area contributed by atoms with Gasteiger partial charge in [0.15, 0.2) is 5.78 Å². The number of carbonyl (C=O) groups excluding carboxylic acids is 1. The molecular weight excluding hydrogens is 445 g/mol. The standard InChI is InChI=1S/C14H8BrF2IO2/c1-20-8-5-10(16)13(11(17)6-8)14(19)9-4-7(15)2-3-12(9)18/h2-6H,1H3. The van der Waals surface area contributed by atoms with Crippen molar-refractivity contribution in [3.63, 3.8) is 0 Å². The zero-order valence-corrected chi connectivity index (χ0v) is 14.0. The molecule has 6 heteroatoms. The molecule has 0 aliphatic heterocycles. The third kappa shape index (κ3) is 3.01. The van der Waals surface area contributed by atoms with Crippen LogP contribution in [-0.2, 0) is 0 Å². The highest BCUT2D eigenvalue weighted by atomic mass is 127. The van der Waals surface area contributed by atoms with Crippen LogP contribution in [0.2, 0.25) is 0 Å². The molecule has 2 aromatic rings. The maximum absolute atomic E-state index is 13.9. The van der Waals surface area contributed by atoms with Crippen molar-refractivity contribution in [2.75, 3.05) is 7.11 Å². The Hall–Kier alpha value is -1.02. The summed E-state index contributed by atoms with van der Waals surface area (Å²) in [7, 11) is 1.30. The van der Waals surface area contributed by atoms with Gasteiger partial charge in [0.25, 0.3) is 0 Å². The van der Waals surface area contributed by atoms with Gasteiger partial charge in [-0.3, -0.25) is 4.79 Å². The molecule has 0 saturated carbocycles. The summed E-state index contributed by atoms with van der Waals surface area (Å²) in [6, 6.07) is 6.95. The SMILES string of the molecule is COc1cc(F)c(C(=O)c2cc(Br)ccc2I)c(F)c1. The molecule has 2 rings (SSSR count). The molecule has 0 radical (unpaired) electrons. The molecule has 0 N–H and O–H groups in total. The summed E-state index contributed by atoms with van der Waals surface area (Å²) < 4.78 is 33.9. The monoisotopic (exact) mass is 452 g/mol. The summed E-state index contributed by atoms with van der Waals surface area (Å²) in [6.45, 7) is 0. The van der Waals surface area contributed by atoms with E-state index in [9.17, 15) is 13.6 Å². The minimum Gasteiger partial charge on any atom is -0.497 e. The first-order valence-corrected chi connectivity index (χ1v) is 7.34. The van der Waals surface area contributed by atoms with Crippen molar-refractivity contribution in [3.05, 3.63) is 61.1 Å². The van der Waals surface area contributed by atoms with Crippen molar-refractivity contribution in [1.82, 2.24) is 0 Å². The minimum absolute atomic E-state index is 0.0282. The van der Waals surface area contributed by atoms with Crippen molar-refractivity contribution < 1.29 is 18.3 Å². The number of carbonyl (C=O) groups is 1. The second-order valence-electron chi connectivity index (χ2n) is 3.92. The fourth-order valence-electron chi connectivity index (χ4n) is 1.69. The molecule has 0 amide bonds. The molecule has 2 nitrogen and oxygen atoms in total. The van der Waals surface area contributed by atoms with E-state index in [2.05, 4.69) is 15.9 Å². The molecule has 0 aliphatic rings. The van der Waals surface area contributed by atoms with Crippen LogP contribution in [-0.4, -0.2) is 12.9 Å². The lowest BCUT2D eigenvalue weighted by Gasteiger charge is -2.08. The van der Waals surface area contributed by atoms with Crippen molar-refractivity contribution >= 4 is 44.3 Å². The fourth-order valence-corrected chi connectivity index (χ4v) is 2.63. The second-order valence-corrected chi connectivity index (χ2v) is 6.00. The smallest absolute Gasteiger partial charge is 0.200 e. The molecule has 0 unspecified atom stereocenters. The minimum atomic E-state index is -0.942. The van der Waals surface area contributed by atoms with Gasteiger partial charge in [-0.2, -0.15) is 0 Å². The van der Waals surface area contributed by atoms with Crippen LogP contribution in [0.4, 0.5) is 8.78 Å². The number of methoxy groups -OCH3 is 1. The number of rotatable bonds is 3. The Labute approximate surface area is 136 Å². The molecule has 0 spiro atoms. The topological polar surface area (TPSA) is 26.3 Å². The van der Waals surface area contributed by atoms with Crippen LogP contribution in [0.5, 0.6) is 5.75 Å². The average Bonchev–Trinajstić information content (AvgIpc) is 2.40. The normalized spacial score (nSPS) is 10.4. The quantitative estimate of drug-likeness (QED) is 0.503. The molecule has 0 aliphatic carbocycles. The Kier molecular flexibility index (Phi) is 4.74. The molecule has 0 aromatic heterocycles. The van der Waals surface area contributed by atoms with Gasteiger partial charge in [-0.25, -0.2) is 8.78 Å². The highest BCUT2D eigenvalue weighted by Crippen LogP contribution is 2.26. The lowest BCUT2D eigenvalue weighted by atomic mass is 10.0. The van der Waals surface area contributed by atoms with Crippen LogP contribution in [0.3, 0.4) is 0 Å². The molecule has 0 fully saturated rings. The molecule has 104 valence electrons. The highest BCUT2D eigenvalue weighted by Gasteiger charge is 2.22. The number of benzene rings is 2. The highest BCUT2D eigenvalue weighted by molar-refractivity contribution is 14.1. The van der Waals surface area contributed by atoms with Crippen LogP contribution in [0, 0.1) is 15.2 Å². The second kappa shape index (κ2) is 6.17. The Bertz CT molecular complexity index is 666. The van der Waals surface area contributed by atoms with E-state index in [1.54, 1.807) is 12.1 Å². The Morgan fingerprint density at radius 2 is 1.80 bits per heavy atom. The van der Waals surface area contributed by atoms with Gasteiger partial charge in [0.1, 0.15) is 17.4 Å². The largest absolute Gasteiger partial charge is 0.497 e. The molecule has 0 heterocycles. The zero-order chi connectivity index (χ0) is 14.9. The molecule has 20 heavy (non-hydrogen) atoms. The van der Waals surface area contributed by atoms with Crippen LogP contribution >= 0.6 is 38.5 Å². The average molecular weight is 453 g/mol. The summed E-state index contributed by atoms with van der Waals surface area (Å²) in [4.78, 5) is 12.3. The van der Waals surface area contributed by atoms with Crippen molar-refractivity contribution in [2.45, 2.75) is 0 Å². The molecular formula is C14H8BrF2IO2. The van der Waals surface area contributed by atoms with Crippen LogP contribution < -0.4 is 4.74 Å². The number of halogens is 4. The number of ether oxygens (including phenoxy) is 1. The van der Waals surface area contributed by atoms with Gasteiger partial charge in [-0.1, -0.05) is 15.9 Å². The molecule has 0 saturated heterocycles. The summed E-state index contributed by atoms with van der Waals surface area (Å²) in [5.41, 5.74) is -0.343. The fraction of sp³-hybridized carbons (Fsp3) is 0.0714. The summed E-state index contributed by atoms with van der Waals surface area (Å²) in [5, 5.41) is 0. The van der Waals surface area contributed by atoms with E-state index in [1.165, 1.54) is 13.2 Å². The third-order valence-corrected chi connectivity index (χ3v) is 4.09. The maximum Gasteiger partial charge on any atom is 0.200 e. The Balaban J connectivity index is 2.56. The summed E-state index contributed by atoms with van der Waals surface area (Å²) >= 11 is 5.18. The van der Waals surface area contributed by atoms with Gasteiger partial charge in [0.2, 0.25) is 0 Å². The number of hydrogen-bond donors (Lipinski definition) is 0. The summed E-state index contributed by atoms with van der Waals surface area (Å²) in [5.74, 6) is -2.56. The lowest BCUT2D eigenvalue weighted by molar-refractivity contribution is 0.103. The van der Waals surface area contributed by atoms with Crippen molar-refractivity contribution in [2.24, 2.45) is 0 Å². The first-order valence-electron chi connectivity index (χ1n) is 5.47. The first kappa shape index (κ1) is 15.4. The number of hydrogen-bond acceptors (Lipinski definition) is 2. The van der Waals surface area contributed by atoms with E-state index < -0.39 is 23.0 Å². The van der Waals surface area contributed by atoms with E-state index >= 15 is 0 Å². The van der Waals surface area contributed by atoms with Gasteiger partial charge < -0.3 is 4.74 Å². The van der Waals surface area contributed by atoms with Crippen LogP contribution in [0.25, 0.3) is 0 Å². The van der Waals surface area contributed by atoms with E-state index in [1.807, 2.05) is 22.6 Å². The van der Waals surface area contributed by atoms with Crippen molar-refractivity contribution in [3.8, 4) is 5.75 Å². The van der Waals surface area contributed by atoms with Gasteiger partial charge in [0.05, 0.1) is 12.7 Å². The first-order chi connectivity index (χ1) is 9.43. The number of ketones is 1. The van der Waals surface area contributed by atoms with Gasteiger partial charge in [0, 0.05) is 25.7 Å². The third-order valence-electron chi connectivity index (χ3n) is 2.65. The summed E-state index contributed by atoms with van der Waals surface area (Å²) in [6.07, 6.45) is 0. The predicted molar refractivity (Wildman–Crippen MR) is 83.2 cm³/mol. The van der Waals surface area contributed by atoms with Gasteiger partial charge >= 0.3 is 0 Å². The van der Waals surface area contributed by atoms with E-state index in [0.29, 0.717) is 8.04 Å². The van der Waals surface area contributed by atoms with Crippen LogP contribution in [0.15, 0.2) is 34.8 Å². The van der Waals surface area contributed by atoms with Gasteiger partial charge in [-0.15, -0.1) is 0 Å². The van der Waals surface area contributed by atoms with E-state index in [-0.39, 0.29) is 11.3 Å². The van der Waals surface area contributed by atoms with Crippen LogP contribution in [0.1, 0.15) is 15.9 Å². The lowest BCUT2D eigenvalue weighted by Crippen LogP contribution is -2.09. The van der Waals surface area contributed by atoms with E-state index in [4.69, 9.17) is 4.74 Å². The maximum atomic E-state index is 13.9. The predicted octanol–water partition coefficient (Wildman–Crippen LogP) is 4.57. The van der Waals surface area contributed by atoms with Crippen molar-refractivity contribution in [1.29, 1.82) is 0 Å². The Morgan fingerprint density at radius 1 is 1.20 bits per heavy atom. The molecule has 0 bridgehead atoms.